The lowest BCUT2D eigenvalue weighted by Crippen LogP contribution is -2.76. The molecule has 0 atom stereocenters. The van der Waals surface area contributed by atoms with Crippen LogP contribution in [0.1, 0.15) is 41.2 Å². The van der Waals surface area contributed by atoms with Gasteiger partial charge in [-0.1, -0.05) is 18.2 Å². The highest BCUT2D eigenvalue weighted by Gasteiger charge is 2.51. The third-order valence-electron chi connectivity index (χ3n) is 6.29. The number of para-hydroxylation sites is 1. The van der Waals surface area contributed by atoms with Crippen LogP contribution in [0.3, 0.4) is 0 Å². The van der Waals surface area contributed by atoms with Gasteiger partial charge >= 0.3 is 0 Å². The number of hydrogen-bond acceptors (Lipinski definition) is 4. The summed E-state index contributed by atoms with van der Waals surface area (Å²) >= 11 is 0. The van der Waals surface area contributed by atoms with Crippen molar-refractivity contribution in [3.8, 4) is 5.69 Å². The van der Waals surface area contributed by atoms with Crippen molar-refractivity contribution in [1.29, 1.82) is 0 Å². The fourth-order valence-corrected chi connectivity index (χ4v) is 4.34. The number of carbonyl (C=O) groups excluding carboxylic acids is 1. The fourth-order valence-electron chi connectivity index (χ4n) is 4.34. The van der Waals surface area contributed by atoms with E-state index in [1.807, 2.05) is 46.0 Å². The van der Waals surface area contributed by atoms with E-state index >= 15 is 0 Å². The summed E-state index contributed by atoms with van der Waals surface area (Å²) in [5.74, 6) is 0.599. The molecule has 6 nitrogen and oxygen atoms in total. The molecule has 2 aliphatic heterocycles. The number of amides is 1. The predicted molar refractivity (Wildman–Crippen MR) is 102 cm³/mol. The third-order valence-corrected chi connectivity index (χ3v) is 6.29. The molecule has 6 rings (SSSR count). The molecular formula is C21H21N5O. The summed E-state index contributed by atoms with van der Waals surface area (Å²) in [4.78, 5) is 19.8. The number of rotatable bonds is 3. The van der Waals surface area contributed by atoms with E-state index in [4.69, 9.17) is 5.10 Å². The van der Waals surface area contributed by atoms with Crippen molar-refractivity contribution in [2.75, 3.05) is 19.6 Å². The Balaban J connectivity index is 1.44. The van der Waals surface area contributed by atoms with Gasteiger partial charge in [-0.05, 0) is 37.5 Å². The molecule has 4 heterocycles. The smallest absolute Gasteiger partial charge is 0.255 e. The van der Waals surface area contributed by atoms with Gasteiger partial charge in [-0.25, -0.2) is 9.67 Å². The van der Waals surface area contributed by atoms with Crippen molar-refractivity contribution >= 4 is 16.9 Å². The van der Waals surface area contributed by atoms with E-state index in [0.717, 1.165) is 48.5 Å². The average Bonchev–Trinajstić information content (AvgIpc) is 3.40. The van der Waals surface area contributed by atoms with E-state index < -0.39 is 0 Å². The largest absolute Gasteiger partial charge is 0.330 e. The number of pyridine rings is 1. The summed E-state index contributed by atoms with van der Waals surface area (Å²) in [6.45, 7) is 2.67. The van der Waals surface area contributed by atoms with Gasteiger partial charge in [0.1, 0.15) is 0 Å². The van der Waals surface area contributed by atoms with Gasteiger partial charge in [0.15, 0.2) is 5.65 Å². The van der Waals surface area contributed by atoms with E-state index in [2.05, 4.69) is 10.3 Å². The molecule has 1 saturated carbocycles. The van der Waals surface area contributed by atoms with Crippen LogP contribution >= 0.6 is 0 Å². The Labute approximate surface area is 157 Å². The molecule has 3 fully saturated rings. The zero-order chi connectivity index (χ0) is 18.0. The highest BCUT2D eigenvalue weighted by Crippen LogP contribution is 2.43. The van der Waals surface area contributed by atoms with Gasteiger partial charge in [0.05, 0.1) is 22.5 Å². The topological polar surface area (TPSA) is 63.1 Å². The molecule has 2 saturated heterocycles. The van der Waals surface area contributed by atoms with Crippen LogP contribution in [0.5, 0.6) is 0 Å². The first-order valence-corrected chi connectivity index (χ1v) is 9.72. The summed E-state index contributed by atoms with van der Waals surface area (Å²) < 4.78 is 1.91. The molecule has 1 aromatic carbocycles. The molecule has 6 heteroatoms. The van der Waals surface area contributed by atoms with Crippen LogP contribution in [0.15, 0.2) is 42.6 Å². The van der Waals surface area contributed by atoms with Crippen LogP contribution in [0, 0.1) is 0 Å². The van der Waals surface area contributed by atoms with Crippen LogP contribution < -0.4 is 5.32 Å². The third kappa shape index (κ3) is 2.19. The van der Waals surface area contributed by atoms with Gasteiger partial charge in [-0.3, -0.25) is 4.79 Å². The predicted octanol–water partition coefficient (Wildman–Crippen LogP) is 2.49. The maximum Gasteiger partial charge on any atom is 0.255 e. The zero-order valence-electron chi connectivity index (χ0n) is 15.1. The maximum atomic E-state index is 13.1. The minimum absolute atomic E-state index is 0.0551. The van der Waals surface area contributed by atoms with E-state index in [9.17, 15) is 4.79 Å². The molecule has 1 amide bonds. The summed E-state index contributed by atoms with van der Waals surface area (Å²) in [5.41, 5.74) is 3.66. The Morgan fingerprint density at radius 1 is 1.19 bits per heavy atom. The summed E-state index contributed by atoms with van der Waals surface area (Å²) in [5, 5.41) is 9.20. The number of benzene rings is 1. The first kappa shape index (κ1) is 15.3. The Bertz CT molecular complexity index is 1040. The SMILES string of the molecule is O=C(c1cnc2c(c1)c(C1CC1)nn2-c1ccccc1)N1CCC12CNC2. The molecule has 1 spiro atoms. The van der Waals surface area contributed by atoms with E-state index in [-0.39, 0.29) is 11.4 Å². The van der Waals surface area contributed by atoms with Crippen LogP contribution in [0.4, 0.5) is 0 Å². The van der Waals surface area contributed by atoms with Crippen molar-refractivity contribution < 1.29 is 4.79 Å². The van der Waals surface area contributed by atoms with Crippen LogP contribution in [-0.4, -0.2) is 50.7 Å². The minimum Gasteiger partial charge on any atom is -0.330 e. The molecule has 3 aliphatic rings. The maximum absolute atomic E-state index is 13.1. The number of likely N-dealkylation sites (tertiary alicyclic amines) is 1. The Morgan fingerprint density at radius 2 is 2.00 bits per heavy atom. The van der Waals surface area contributed by atoms with Gasteiger partial charge in [-0.15, -0.1) is 0 Å². The first-order valence-electron chi connectivity index (χ1n) is 9.72. The zero-order valence-corrected chi connectivity index (χ0v) is 15.1. The second-order valence-corrected chi connectivity index (χ2v) is 8.04. The Hall–Kier alpha value is -2.73. The number of aromatic nitrogens is 3. The van der Waals surface area contributed by atoms with Gasteiger partial charge in [0.2, 0.25) is 0 Å². The summed E-state index contributed by atoms with van der Waals surface area (Å²) in [6.07, 6.45) is 5.15. The molecule has 0 unspecified atom stereocenters. The normalized spacial score (nSPS) is 20.5. The van der Waals surface area contributed by atoms with Crippen molar-refractivity contribution in [3.05, 3.63) is 53.9 Å². The lowest BCUT2D eigenvalue weighted by atomic mass is 9.78. The van der Waals surface area contributed by atoms with Crippen molar-refractivity contribution in [3.63, 3.8) is 0 Å². The van der Waals surface area contributed by atoms with Crippen LogP contribution in [0.2, 0.25) is 0 Å². The van der Waals surface area contributed by atoms with Crippen molar-refractivity contribution in [2.45, 2.75) is 30.7 Å². The summed E-state index contributed by atoms with van der Waals surface area (Å²) in [7, 11) is 0. The number of fused-ring (bicyclic) bond motifs is 1. The number of hydrogen-bond donors (Lipinski definition) is 1. The minimum atomic E-state index is 0.0551. The Kier molecular flexibility index (Phi) is 3.06. The highest BCUT2D eigenvalue weighted by molar-refractivity contribution is 5.98. The second-order valence-electron chi connectivity index (χ2n) is 8.04. The molecule has 27 heavy (non-hydrogen) atoms. The standard InChI is InChI=1S/C21H21N5O/c27-20(25-9-8-21(25)12-22-13-21)15-10-17-18(14-6-7-14)24-26(19(17)23-11-15)16-4-2-1-3-5-16/h1-5,10-11,14,22H,6-9,12-13H2. The van der Waals surface area contributed by atoms with Crippen molar-refractivity contribution in [1.82, 2.24) is 25.0 Å². The van der Waals surface area contributed by atoms with E-state index in [1.165, 1.54) is 12.8 Å². The van der Waals surface area contributed by atoms with Crippen LogP contribution in [0.25, 0.3) is 16.7 Å². The second kappa shape index (κ2) is 5.39. The molecule has 1 aliphatic carbocycles. The molecule has 136 valence electrons. The number of carbonyl (C=O) groups is 1. The molecular weight excluding hydrogens is 338 g/mol. The molecule has 2 aromatic heterocycles. The highest BCUT2D eigenvalue weighted by atomic mass is 16.2. The van der Waals surface area contributed by atoms with Gasteiger partial charge < -0.3 is 10.2 Å². The van der Waals surface area contributed by atoms with Gasteiger partial charge in [0, 0.05) is 37.1 Å². The molecule has 1 N–H and O–H groups in total. The van der Waals surface area contributed by atoms with Crippen LogP contribution in [-0.2, 0) is 0 Å². The number of nitrogens with zero attached hydrogens (tertiary/aromatic N) is 4. The van der Waals surface area contributed by atoms with Crippen molar-refractivity contribution in [2.24, 2.45) is 0 Å². The Morgan fingerprint density at radius 3 is 2.63 bits per heavy atom. The monoisotopic (exact) mass is 359 g/mol. The summed E-state index contributed by atoms with van der Waals surface area (Å²) in [6, 6.07) is 12.1. The number of nitrogens with one attached hydrogen (secondary N) is 1. The lowest BCUT2D eigenvalue weighted by Gasteiger charge is -2.58. The van der Waals surface area contributed by atoms with Gasteiger partial charge in [0.25, 0.3) is 5.91 Å². The lowest BCUT2D eigenvalue weighted by molar-refractivity contribution is -0.0322. The molecule has 0 bridgehead atoms. The van der Waals surface area contributed by atoms with E-state index in [1.54, 1.807) is 6.20 Å². The first-order chi connectivity index (χ1) is 13.3. The average molecular weight is 359 g/mol. The molecule has 0 radical (unpaired) electrons. The molecule has 3 aromatic rings. The van der Waals surface area contributed by atoms with Gasteiger partial charge in [-0.2, -0.15) is 5.10 Å². The van der Waals surface area contributed by atoms with E-state index in [0.29, 0.717) is 11.5 Å². The quantitative estimate of drug-likeness (QED) is 0.780. The fraction of sp³-hybridized carbons (Fsp3) is 0.381.